The van der Waals surface area contributed by atoms with E-state index in [1.807, 2.05) is 41.4 Å². The fourth-order valence-electron chi connectivity index (χ4n) is 4.99. The Hall–Kier alpha value is -3.81. The summed E-state index contributed by atoms with van der Waals surface area (Å²) in [4.78, 5) is 27.2. The van der Waals surface area contributed by atoms with Crippen molar-refractivity contribution in [1.29, 1.82) is 0 Å². The van der Waals surface area contributed by atoms with E-state index >= 15 is 4.39 Å². The van der Waals surface area contributed by atoms with Gasteiger partial charge in [0, 0.05) is 24.4 Å². The molecule has 0 spiro atoms. The van der Waals surface area contributed by atoms with E-state index in [1.54, 1.807) is 11.0 Å². The molecule has 7 nitrogen and oxygen atoms in total. The molecule has 34 heavy (non-hydrogen) atoms. The van der Waals surface area contributed by atoms with Crippen LogP contribution in [0.2, 0.25) is 0 Å². The molecular formula is C26H26FN3O4. The number of benzene rings is 2. The molecule has 1 aromatic heterocycles. The number of ether oxygens (including phenoxy) is 1. The Labute approximate surface area is 196 Å². The number of hydrogen-bond acceptors (Lipinski definition) is 5. The van der Waals surface area contributed by atoms with Crippen LogP contribution in [-0.2, 0) is 0 Å². The third kappa shape index (κ3) is 3.41. The van der Waals surface area contributed by atoms with Crippen LogP contribution in [0.4, 0.5) is 4.39 Å². The zero-order valence-electron chi connectivity index (χ0n) is 17.7. The van der Waals surface area contributed by atoms with Gasteiger partial charge >= 0.3 is 0 Å². The smallest absolute Gasteiger partial charge is 0.277 e. The quantitative estimate of drug-likeness (QED) is 0.598. The molecule has 3 aliphatic rings. The number of amides is 1. The van der Waals surface area contributed by atoms with Gasteiger partial charge in [-0.3, -0.25) is 19.3 Å². The van der Waals surface area contributed by atoms with Crippen molar-refractivity contribution in [1.82, 2.24) is 9.58 Å². The van der Waals surface area contributed by atoms with Gasteiger partial charge in [-0.2, -0.15) is 0 Å². The normalized spacial score (nSPS) is 22.9. The Kier molecular flexibility index (Phi) is 5.31. The number of carbonyl (C=O) groups excluding carboxylic acids is 1. The maximum absolute atomic E-state index is 15.1. The Balaban J connectivity index is 0.00000241. The lowest BCUT2D eigenvalue weighted by Crippen LogP contribution is -2.55. The number of fused-ring (bicyclic) bond motifs is 6. The van der Waals surface area contributed by atoms with Gasteiger partial charge in [0.15, 0.2) is 23.0 Å². The number of carbonyl (C=O) groups is 1. The van der Waals surface area contributed by atoms with E-state index in [4.69, 9.17) is 4.74 Å². The van der Waals surface area contributed by atoms with Crippen LogP contribution in [0.5, 0.6) is 11.5 Å². The van der Waals surface area contributed by atoms with Crippen LogP contribution >= 0.6 is 0 Å². The van der Waals surface area contributed by atoms with Gasteiger partial charge in [0.2, 0.25) is 5.43 Å². The first-order valence-electron chi connectivity index (χ1n) is 11.0. The van der Waals surface area contributed by atoms with Crippen LogP contribution in [-0.4, -0.2) is 40.4 Å². The SMILES string of the molecule is C.O=C1c2c(O)c(=O)ccn2N2CN1C[C@H]1C[C@@H]1COc1c(F)cccc1[C@@H]2c1ccccc1. The summed E-state index contributed by atoms with van der Waals surface area (Å²) in [5.74, 6) is -0.781. The van der Waals surface area contributed by atoms with E-state index in [-0.39, 0.29) is 37.4 Å². The largest absolute Gasteiger partial charge is 0.502 e. The third-order valence-electron chi connectivity index (χ3n) is 6.81. The number of nitrogens with zero attached hydrogens (tertiary/aromatic N) is 3. The van der Waals surface area contributed by atoms with Gasteiger partial charge in [-0.15, -0.1) is 0 Å². The average molecular weight is 464 g/mol. The van der Waals surface area contributed by atoms with E-state index in [9.17, 15) is 14.7 Å². The number of hydrogen-bond donors (Lipinski definition) is 1. The summed E-state index contributed by atoms with van der Waals surface area (Å²) < 4.78 is 22.6. The minimum absolute atomic E-state index is 0. The predicted octanol–water partition coefficient (Wildman–Crippen LogP) is 3.50. The molecule has 1 fully saturated rings. The monoisotopic (exact) mass is 463 g/mol. The number of pyridine rings is 1. The third-order valence-corrected chi connectivity index (χ3v) is 6.81. The summed E-state index contributed by atoms with van der Waals surface area (Å²) in [6, 6.07) is 15.1. The fraction of sp³-hybridized carbons (Fsp3) is 0.308. The van der Waals surface area contributed by atoms with Crippen molar-refractivity contribution in [2.45, 2.75) is 19.9 Å². The second kappa shape index (κ2) is 8.20. The van der Waals surface area contributed by atoms with Crippen molar-refractivity contribution < 1.29 is 19.0 Å². The van der Waals surface area contributed by atoms with Crippen LogP contribution < -0.4 is 15.2 Å². The summed E-state index contributed by atoms with van der Waals surface area (Å²) in [6.45, 7) is 1.07. The second-order valence-corrected chi connectivity index (χ2v) is 8.87. The Morgan fingerprint density at radius 2 is 1.79 bits per heavy atom. The van der Waals surface area contributed by atoms with E-state index in [0.29, 0.717) is 18.7 Å². The van der Waals surface area contributed by atoms with Crippen molar-refractivity contribution >= 4 is 5.91 Å². The van der Waals surface area contributed by atoms with Gasteiger partial charge in [-0.05, 0) is 29.9 Å². The molecule has 2 aliphatic heterocycles. The van der Waals surface area contributed by atoms with Crippen molar-refractivity contribution in [3.05, 3.63) is 93.7 Å². The maximum Gasteiger partial charge on any atom is 0.277 e. The Bertz CT molecular complexity index is 1310. The Morgan fingerprint density at radius 1 is 1.00 bits per heavy atom. The van der Waals surface area contributed by atoms with Crippen LogP contribution in [0.3, 0.4) is 0 Å². The number of aromatic hydroxyl groups is 1. The van der Waals surface area contributed by atoms with Gasteiger partial charge in [-0.25, -0.2) is 4.39 Å². The number of para-hydroxylation sites is 1. The van der Waals surface area contributed by atoms with Gasteiger partial charge in [0.1, 0.15) is 12.7 Å². The minimum Gasteiger partial charge on any atom is -0.502 e. The summed E-state index contributed by atoms with van der Waals surface area (Å²) >= 11 is 0. The molecule has 2 aromatic carbocycles. The molecule has 3 atom stereocenters. The zero-order chi connectivity index (χ0) is 22.7. The van der Waals surface area contributed by atoms with Crippen molar-refractivity contribution in [3.63, 3.8) is 0 Å². The molecule has 0 saturated heterocycles. The highest BCUT2D eigenvalue weighted by Gasteiger charge is 2.44. The number of aromatic nitrogens is 1. The molecule has 8 heteroatoms. The first kappa shape index (κ1) is 22.0. The zero-order valence-corrected chi connectivity index (χ0v) is 17.7. The van der Waals surface area contributed by atoms with Gasteiger partial charge in [0.25, 0.3) is 5.91 Å². The molecule has 1 amide bonds. The topological polar surface area (TPSA) is 75.0 Å². The van der Waals surface area contributed by atoms with Gasteiger partial charge in [-0.1, -0.05) is 49.9 Å². The van der Waals surface area contributed by atoms with Crippen molar-refractivity contribution in [2.75, 3.05) is 24.8 Å². The lowest BCUT2D eigenvalue weighted by atomic mass is 9.96. The molecule has 1 saturated carbocycles. The van der Waals surface area contributed by atoms with Crippen molar-refractivity contribution in [2.24, 2.45) is 11.8 Å². The molecule has 3 heterocycles. The molecule has 1 aliphatic carbocycles. The van der Waals surface area contributed by atoms with E-state index in [1.165, 1.54) is 23.0 Å². The first-order valence-corrected chi connectivity index (χ1v) is 11.0. The highest BCUT2D eigenvalue weighted by atomic mass is 19.1. The molecule has 0 radical (unpaired) electrons. The summed E-state index contributed by atoms with van der Waals surface area (Å²) in [5, 5.41) is 12.5. The Morgan fingerprint density at radius 3 is 2.59 bits per heavy atom. The maximum atomic E-state index is 15.1. The van der Waals surface area contributed by atoms with E-state index < -0.39 is 28.9 Å². The lowest BCUT2D eigenvalue weighted by Gasteiger charge is -2.44. The predicted molar refractivity (Wildman–Crippen MR) is 125 cm³/mol. The second-order valence-electron chi connectivity index (χ2n) is 8.87. The molecule has 6 rings (SSSR count). The minimum atomic E-state index is -0.615. The van der Waals surface area contributed by atoms with E-state index in [2.05, 4.69) is 0 Å². The average Bonchev–Trinajstić information content (AvgIpc) is 3.56. The van der Waals surface area contributed by atoms with Crippen molar-refractivity contribution in [3.8, 4) is 11.5 Å². The number of rotatable bonds is 1. The fourth-order valence-corrected chi connectivity index (χ4v) is 4.99. The number of halogens is 1. The summed E-state index contributed by atoms with van der Waals surface area (Å²) in [7, 11) is 0. The standard InChI is InChI=1S/C25H22FN3O4.CH4/c26-19-8-4-7-18-21(15-5-2-1-3-6-15)29-14-27(12-16-11-17(16)13-33-24(18)19)25(32)22-23(31)20(30)9-10-28(22)29;/h1-10,16-17,21,31H,11-14H2;1H4/t16-,17-,21+;/m1./s1. The van der Waals surface area contributed by atoms with E-state index in [0.717, 1.165) is 12.0 Å². The lowest BCUT2D eigenvalue weighted by molar-refractivity contribution is 0.0667. The van der Waals surface area contributed by atoms with Gasteiger partial charge in [0.05, 0.1) is 6.61 Å². The van der Waals surface area contributed by atoms with Crippen LogP contribution in [0, 0.1) is 17.7 Å². The van der Waals surface area contributed by atoms with Gasteiger partial charge < -0.3 is 14.7 Å². The summed E-state index contributed by atoms with van der Waals surface area (Å²) in [5.41, 5.74) is 0.774. The van der Waals surface area contributed by atoms with Crippen LogP contribution in [0.15, 0.2) is 65.6 Å². The highest BCUT2D eigenvalue weighted by molar-refractivity contribution is 5.96. The first-order chi connectivity index (χ1) is 16.0. The van der Waals surface area contributed by atoms with Crippen LogP contribution in [0.1, 0.15) is 41.5 Å². The highest BCUT2D eigenvalue weighted by Crippen LogP contribution is 2.44. The molecule has 2 bridgehead atoms. The molecule has 176 valence electrons. The molecule has 1 N–H and O–H groups in total. The molecule has 0 unspecified atom stereocenters. The molecule has 3 aromatic rings. The molecular weight excluding hydrogens is 437 g/mol. The summed E-state index contributed by atoms with van der Waals surface area (Å²) in [6.07, 6.45) is 2.37. The van der Waals surface area contributed by atoms with Crippen LogP contribution in [0.25, 0.3) is 0 Å².